The fourth-order valence-electron chi connectivity index (χ4n) is 3.27. The van der Waals surface area contributed by atoms with Crippen LogP contribution in [0.15, 0.2) is 36.9 Å². The zero-order chi connectivity index (χ0) is 17.6. The molecular formula is C19H27N5O. The molecule has 6 heteroatoms. The molecule has 1 aromatic carbocycles. The van der Waals surface area contributed by atoms with Crippen LogP contribution < -0.4 is 0 Å². The molecule has 0 aliphatic carbocycles. The summed E-state index contributed by atoms with van der Waals surface area (Å²) < 4.78 is 1.74. The quantitative estimate of drug-likeness (QED) is 0.839. The summed E-state index contributed by atoms with van der Waals surface area (Å²) in [7, 11) is 2.02. The third kappa shape index (κ3) is 4.45. The number of hydrogen-bond acceptors (Lipinski definition) is 4. The molecule has 1 aromatic heterocycles. The summed E-state index contributed by atoms with van der Waals surface area (Å²) in [4.78, 5) is 20.7. The Kier molecular flexibility index (Phi) is 5.81. The van der Waals surface area contributed by atoms with Crippen molar-refractivity contribution in [3.05, 3.63) is 42.5 Å². The molecule has 0 unspecified atom stereocenters. The molecular weight excluding hydrogens is 314 g/mol. The molecule has 2 aromatic rings. The molecule has 1 amide bonds. The Bertz CT molecular complexity index is 660. The highest BCUT2D eigenvalue weighted by atomic mass is 16.2. The molecule has 0 spiro atoms. The van der Waals surface area contributed by atoms with E-state index in [4.69, 9.17) is 0 Å². The maximum atomic E-state index is 12.6. The molecule has 2 heterocycles. The van der Waals surface area contributed by atoms with Gasteiger partial charge in [-0.1, -0.05) is 25.0 Å². The van der Waals surface area contributed by atoms with Crippen LogP contribution in [-0.2, 0) is 4.79 Å². The second kappa shape index (κ2) is 8.25. The Labute approximate surface area is 149 Å². The fraction of sp³-hybridized carbons (Fsp3) is 0.526. The Hall–Kier alpha value is -2.21. The van der Waals surface area contributed by atoms with Crippen LogP contribution in [0.1, 0.15) is 44.2 Å². The van der Waals surface area contributed by atoms with Gasteiger partial charge in [0.05, 0.1) is 12.2 Å². The van der Waals surface area contributed by atoms with Gasteiger partial charge >= 0.3 is 0 Å². The average molecular weight is 341 g/mol. The lowest BCUT2D eigenvalue weighted by molar-refractivity contribution is -0.132. The van der Waals surface area contributed by atoms with Gasteiger partial charge < -0.3 is 4.90 Å². The van der Waals surface area contributed by atoms with E-state index in [9.17, 15) is 4.79 Å². The zero-order valence-corrected chi connectivity index (χ0v) is 15.1. The maximum Gasteiger partial charge on any atom is 0.236 e. The van der Waals surface area contributed by atoms with Gasteiger partial charge in [0.2, 0.25) is 5.91 Å². The number of carbonyl (C=O) groups excluding carboxylic acids is 1. The third-order valence-electron chi connectivity index (χ3n) is 5.06. The summed E-state index contributed by atoms with van der Waals surface area (Å²) in [5.74, 6) is 0.246. The number of nitrogens with zero attached hydrogens (tertiary/aromatic N) is 5. The van der Waals surface area contributed by atoms with Gasteiger partial charge in [-0.25, -0.2) is 9.67 Å². The minimum atomic E-state index is 0.181. The van der Waals surface area contributed by atoms with Gasteiger partial charge in [-0.2, -0.15) is 5.10 Å². The van der Waals surface area contributed by atoms with Crippen molar-refractivity contribution in [3.63, 3.8) is 0 Å². The van der Waals surface area contributed by atoms with Crippen LogP contribution in [0.5, 0.6) is 0 Å². The highest BCUT2D eigenvalue weighted by molar-refractivity contribution is 5.78. The Balaban J connectivity index is 1.59. The van der Waals surface area contributed by atoms with Crippen molar-refractivity contribution >= 4 is 5.91 Å². The third-order valence-corrected chi connectivity index (χ3v) is 5.06. The van der Waals surface area contributed by atoms with Crippen molar-refractivity contribution in [2.45, 2.75) is 38.6 Å². The fourth-order valence-corrected chi connectivity index (χ4v) is 3.27. The molecule has 0 saturated carbocycles. The van der Waals surface area contributed by atoms with Gasteiger partial charge in [0.15, 0.2) is 0 Å². The summed E-state index contributed by atoms with van der Waals surface area (Å²) in [6.07, 6.45) is 7.97. The number of likely N-dealkylation sites (N-methyl/N-ethyl adjacent to an activating group) is 1. The zero-order valence-electron chi connectivity index (χ0n) is 15.1. The molecule has 1 aliphatic rings. The maximum absolute atomic E-state index is 12.6. The first-order valence-corrected chi connectivity index (χ1v) is 9.08. The van der Waals surface area contributed by atoms with E-state index in [-0.39, 0.29) is 11.9 Å². The minimum Gasteiger partial charge on any atom is -0.342 e. The van der Waals surface area contributed by atoms with Crippen molar-refractivity contribution in [2.24, 2.45) is 0 Å². The van der Waals surface area contributed by atoms with E-state index in [1.807, 2.05) is 24.1 Å². The van der Waals surface area contributed by atoms with Gasteiger partial charge in [0.1, 0.15) is 12.7 Å². The largest absolute Gasteiger partial charge is 0.342 e. The van der Waals surface area contributed by atoms with E-state index in [1.165, 1.54) is 24.7 Å². The minimum absolute atomic E-state index is 0.181. The van der Waals surface area contributed by atoms with E-state index in [0.717, 1.165) is 31.6 Å². The van der Waals surface area contributed by atoms with Crippen LogP contribution in [0.3, 0.4) is 0 Å². The molecule has 0 N–H and O–H groups in total. The van der Waals surface area contributed by atoms with Gasteiger partial charge in [0, 0.05) is 19.1 Å². The molecule has 25 heavy (non-hydrogen) atoms. The molecule has 1 saturated heterocycles. The Morgan fingerprint density at radius 2 is 1.84 bits per heavy atom. The molecule has 3 rings (SSSR count). The van der Waals surface area contributed by atoms with E-state index in [1.54, 1.807) is 11.0 Å². The number of carbonyl (C=O) groups is 1. The molecule has 1 fully saturated rings. The van der Waals surface area contributed by atoms with Gasteiger partial charge in [-0.3, -0.25) is 9.69 Å². The number of aromatic nitrogens is 3. The van der Waals surface area contributed by atoms with Crippen LogP contribution in [0, 0.1) is 0 Å². The molecule has 134 valence electrons. The number of amides is 1. The van der Waals surface area contributed by atoms with E-state index in [2.05, 4.69) is 34.0 Å². The standard InChI is InChI=1S/C19H27N5O/c1-16(17-7-9-18(10-8-17)24-15-20-14-21-24)22(2)13-19(25)23-11-5-3-4-6-12-23/h7-10,14-16H,3-6,11-13H2,1-2H3/t16-/m0/s1. The van der Waals surface area contributed by atoms with Crippen molar-refractivity contribution < 1.29 is 4.79 Å². The Morgan fingerprint density at radius 3 is 2.44 bits per heavy atom. The van der Waals surface area contributed by atoms with E-state index < -0.39 is 0 Å². The van der Waals surface area contributed by atoms with Gasteiger partial charge in [-0.05, 0) is 44.5 Å². The SMILES string of the molecule is C[C@@H](c1ccc(-n2cncn2)cc1)N(C)CC(=O)N1CCCCCC1. The van der Waals surface area contributed by atoms with Crippen molar-refractivity contribution in [2.75, 3.05) is 26.7 Å². The first-order valence-electron chi connectivity index (χ1n) is 9.08. The lowest BCUT2D eigenvalue weighted by Crippen LogP contribution is -2.40. The molecule has 0 radical (unpaired) electrons. The van der Waals surface area contributed by atoms with Gasteiger partial charge in [0.25, 0.3) is 0 Å². The lowest BCUT2D eigenvalue weighted by Gasteiger charge is -2.28. The molecule has 1 aliphatic heterocycles. The molecule has 1 atom stereocenters. The van der Waals surface area contributed by atoms with Gasteiger partial charge in [-0.15, -0.1) is 0 Å². The second-order valence-corrected chi connectivity index (χ2v) is 6.82. The van der Waals surface area contributed by atoms with Crippen molar-refractivity contribution in [1.82, 2.24) is 24.6 Å². The van der Waals surface area contributed by atoms with Crippen molar-refractivity contribution in [1.29, 1.82) is 0 Å². The van der Waals surface area contributed by atoms with E-state index in [0.29, 0.717) is 6.54 Å². The van der Waals surface area contributed by atoms with Crippen LogP contribution >= 0.6 is 0 Å². The molecule has 0 bridgehead atoms. The average Bonchev–Trinajstić information content (AvgIpc) is 3.03. The predicted molar refractivity (Wildman–Crippen MR) is 97.5 cm³/mol. The smallest absolute Gasteiger partial charge is 0.236 e. The number of likely N-dealkylation sites (tertiary alicyclic amines) is 1. The second-order valence-electron chi connectivity index (χ2n) is 6.82. The first-order chi connectivity index (χ1) is 12.1. The van der Waals surface area contributed by atoms with E-state index >= 15 is 0 Å². The van der Waals surface area contributed by atoms with Crippen LogP contribution in [0.4, 0.5) is 0 Å². The normalized spacial score (nSPS) is 16.7. The molecule has 6 nitrogen and oxygen atoms in total. The van der Waals surface area contributed by atoms with Crippen LogP contribution in [-0.4, -0.2) is 57.2 Å². The number of hydrogen-bond donors (Lipinski definition) is 0. The first kappa shape index (κ1) is 17.6. The number of benzene rings is 1. The summed E-state index contributed by atoms with van der Waals surface area (Å²) in [6, 6.07) is 8.43. The van der Waals surface area contributed by atoms with Crippen molar-refractivity contribution in [3.8, 4) is 5.69 Å². The summed E-state index contributed by atoms with van der Waals surface area (Å²) in [5, 5.41) is 4.14. The lowest BCUT2D eigenvalue weighted by atomic mass is 10.1. The number of rotatable bonds is 5. The van der Waals surface area contributed by atoms with Crippen LogP contribution in [0.25, 0.3) is 5.69 Å². The highest BCUT2D eigenvalue weighted by Crippen LogP contribution is 2.20. The summed E-state index contributed by atoms with van der Waals surface area (Å²) >= 11 is 0. The predicted octanol–water partition coefficient (Wildman–Crippen LogP) is 2.66. The monoisotopic (exact) mass is 341 g/mol. The Morgan fingerprint density at radius 1 is 1.16 bits per heavy atom. The van der Waals surface area contributed by atoms with Crippen LogP contribution in [0.2, 0.25) is 0 Å². The highest BCUT2D eigenvalue weighted by Gasteiger charge is 2.20. The topological polar surface area (TPSA) is 54.3 Å². The summed E-state index contributed by atoms with van der Waals surface area (Å²) in [6.45, 7) is 4.42. The summed E-state index contributed by atoms with van der Waals surface area (Å²) in [5.41, 5.74) is 2.17.